The van der Waals surface area contributed by atoms with E-state index in [1.54, 1.807) is 34.7 Å². The van der Waals surface area contributed by atoms with Gasteiger partial charge in [-0.3, -0.25) is 9.59 Å². The largest absolute Gasteiger partial charge is 0.394 e. The summed E-state index contributed by atoms with van der Waals surface area (Å²) in [7, 11) is -0.629. The highest BCUT2D eigenvalue weighted by Gasteiger charge is 2.27. The number of aliphatic hydroxyl groups is 1. The van der Waals surface area contributed by atoms with E-state index < -0.39 is 21.4 Å². The zero-order valence-corrected chi connectivity index (χ0v) is 22.0. The Bertz CT molecular complexity index is 718. The Kier molecular flexibility index (Phi) is 17.4. The number of nitrogens with one attached hydrogen (secondary N) is 3. The van der Waals surface area contributed by atoms with Gasteiger partial charge in [0.25, 0.3) is 0 Å². The molecule has 0 aromatic heterocycles. The minimum absolute atomic E-state index is 0.0177. The molecule has 4 N–H and O–H groups in total. The van der Waals surface area contributed by atoms with Crippen LogP contribution in [0, 0.1) is 0 Å². The van der Waals surface area contributed by atoms with Crippen molar-refractivity contribution in [2.24, 2.45) is 0 Å². The lowest BCUT2D eigenvalue weighted by molar-refractivity contribution is -0.129. The Hall–Kier alpha value is -1.25. The summed E-state index contributed by atoms with van der Waals surface area (Å²) in [6, 6.07) is -0.374. The second-order valence-corrected chi connectivity index (χ2v) is 9.57. The molecule has 0 aliphatic rings. The first-order valence-electron chi connectivity index (χ1n) is 11.5. The van der Waals surface area contributed by atoms with Crippen LogP contribution in [0.4, 0.5) is 0 Å². The number of ketones is 2. The average Bonchev–Trinajstić information content (AvgIpc) is 2.77. The molecule has 0 amide bonds. The van der Waals surface area contributed by atoms with E-state index in [1.165, 1.54) is 0 Å². The molecule has 0 heterocycles. The predicted octanol–water partition coefficient (Wildman–Crippen LogP) is -1.05. The van der Waals surface area contributed by atoms with E-state index in [4.69, 9.17) is 19.3 Å². The van der Waals surface area contributed by atoms with Crippen molar-refractivity contribution in [3.8, 4) is 0 Å². The Balaban J connectivity index is 3.99. The smallest absolute Gasteiger partial charge is 0.211 e. The topological polar surface area (TPSA) is 152 Å². The van der Waals surface area contributed by atoms with Crippen molar-refractivity contribution >= 4 is 27.2 Å². The van der Waals surface area contributed by atoms with Crippen LogP contribution in [0.5, 0.6) is 0 Å². The molecular formula is C22H43N3O8S. The third-order valence-corrected chi connectivity index (χ3v) is 5.74. The number of rotatable bonds is 22. The number of carbonyl (C=O) groups is 2. The maximum Gasteiger partial charge on any atom is 0.211 e. The standard InChI is InChI=1S/C22H43N3O8S/c1-21(2,19(27)7-6-18(23-5)17-34(29)30)24-9-12-32-14-15-33-16-20(28)22(3,4)25-8-11-31-13-10-26/h17-18,23-26H,6-16H2,1-5H3. The summed E-state index contributed by atoms with van der Waals surface area (Å²) in [5.41, 5.74) is -1.51. The van der Waals surface area contributed by atoms with Gasteiger partial charge in [0, 0.05) is 25.6 Å². The highest BCUT2D eigenvalue weighted by atomic mass is 32.2. The fraction of sp³-hybridized carbons (Fsp3) is 0.864. The monoisotopic (exact) mass is 509 g/mol. The van der Waals surface area contributed by atoms with Gasteiger partial charge in [0.15, 0.2) is 11.6 Å². The van der Waals surface area contributed by atoms with Gasteiger partial charge in [-0.15, -0.1) is 0 Å². The first kappa shape index (κ1) is 32.8. The van der Waals surface area contributed by atoms with Gasteiger partial charge in [0.1, 0.15) is 6.61 Å². The second kappa shape index (κ2) is 18.1. The Morgan fingerprint density at radius 2 is 1.41 bits per heavy atom. The zero-order valence-electron chi connectivity index (χ0n) is 21.1. The minimum atomic E-state index is -2.28. The lowest BCUT2D eigenvalue weighted by Gasteiger charge is -2.25. The van der Waals surface area contributed by atoms with Gasteiger partial charge in [-0.2, -0.15) is 8.42 Å². The molecule has 1 atom stereocenters. The first-order valence-corrected chi connectivity index (χ1v) is 12.6. The summed E-state index contributed by atoms with van der Waals surface area (Å²) in [6.45, 7) is 9.62. The van der Waals surface area contributed by atoms with Crippen molar-refractivity contribution in [2.45, 2.75) is 57.7 Å². The molecule has 0 aliphatic carbocycles. The number of Topliss-reactive ketones (excluding diaryl/α,β-unsaturated/α-hetero) is 2. The number of carbonyl (C=O) groups excluding carboxylic acids is 2. The Morgan fingerprint density at radius 3 is 1.94 bits per heavy atom. The van der Waals surface area contributed by atoms with E-state index in [1.807, 2.05) is 0 Å². The van der Waals surface area contributed by atoms with Crippen LogP contribution in [0.2, 0.25) is 0 Å². The Labute approximate surface area is 204 Å². The van der Waals surface area contributed by atoms with Crippen molar-refractivity contribution < 1.29 is 37.3 Å². The molecule has 1 unspecified atom stereocenters. The fourth-order valence-corrected chi connectivity index (χ4v) is 3.35. The highest BCUT2D eigenvalue weighted by Crippen LogP contribution is 2.10. The summed E-state index contributed by atoms with van der Waals surface area (Å²) in [4.78, 5) is 24.7. The van der Waals surface area contributed by atoms with E-state index in [9.17, 15) is 18.0 Å². The molecule has 0 radical (unpaired) electrons. The van der Waals surface area contributed by atoms with E-state index in [0.717, 1.165) is 5.37 Å². The summed E-state index contributed by atoms with van der Waals surface area (Å²) >= 11 is 0. The van der Waals surface area contributed by atoms with E-state index >= 15 is 0 Å². The molecule has 0 saturated heterocycles. The quantitative estimate of drug-likeness (QED) is 0.104. The lowest BCUT2D eigenvalue weighted by atomic mass is 9.94. The van der Waals surface area contributed by atoms with Gasteiger partial charge in [-0.05, 0) is 41.2 Å². The molecule has 0 fully saturated rings. The molecule has 0 aliphatic heterocycles. The molecule has 34 heavy (non-hydrogen) atoms. The first-order chi connectivity index (χ1) is 16.0. The summed E-state index contributed by atoms with van der Waals surface area (Å²) in [6.07, 6.45) is 0.633. The maximum atomic E-state index is 12.5. The summed E-state index contributed by atoms with van der Waals surface area (Å²) in [5.74, 6) is -0.105. The number of aliphatic hydroxyl groups excluding tert-OH is 1. The van der Waals surface area contributed by atoms with Crippen LogP contribution >= 0.6 is 0 Å². The van der Waals surface area contributed by atoms with Gasteiger partial charge in [-0.25, -0.2) is 0 Å². The fourth-order valence-electron chi connectivity index (χ4n) is 2.81. The molecular weight excluding hydrogens is 466 g/mol. The second-order valence-electron chi connectivity index (χ2n) is 8.78. The summed E-state index contributed by atoms with van der Waals surface area (Å²) in [5, 5.41) is 18.9. The predicted molar refractivity (Wildman–Crippen MR) is 131 cm³/mol. The molecule has 0 aromatic carbocycles. The van der Waals surface area contributed by atoms with Crippen LogP contribution < -0.4 is 16.0 Å². The lowest BCUT2D eigenvalue weighted by Crippen LogP contribution is -2.49. The zero-order chi connectivity index (χ0) is 26.0. The van der Waals surface area contributed by atoms with Gasteiger partial charge in [0.05, 0.1) is 56.1 Å². The van der Waals surface area contributed by atoms with Crippen LogP contribution in [0.3, 0.4) is 0 Å². The molecule has 200 valence electrons. The van der Waals surface area contributed by atoms with Crippen molar-refractivity contribution in [3.63, 3.8) is 0 Å². The van der Waals surface area contributed by atoms with Crippen LogP contribution in [0.25, 0.3) is 0 Å². The molecule has 11 nitrogen and oxygen atoms in total. The molecule has 0 aromatic rings. The van der Waals surface area contributed by atoms with Crippen LogP contribution in [-0.2, 0) is 34.1 Å². The van der Waals surface area contributed by atoms with Crippen molar-refractivity contribution in [2.75, 3.05) is 66.4 Å². The molecule has 0 saturated carbocycles. The third-order valence-electron chi connectivity index (χ3n) is 5.19. The molecule has 0 rings (SSSR count). The number of hydrogen-bond donors (Lipinski definition) is 4. The molecule has 0 bridgehead atoms. The third kappa shape index (κ3) is 15.6. The van der Waals surface area contributed by atoms with Gasteiger partial charge in [0.2, 0.25) is 10.3 Å². The van der Waals surface area contributed by atoms with Crippen molar-refractivity contribution in [1.29, 1.82) is 0 Å². The van der Waals surface area contributed by atoms with Gasteiger partial charge >= 0.3 is 0 Å². The van der Waals surface area contributed by atoms with Gasteiger partial charge < -0.3 is 35.3 Å². The highest BCUT2D eigenvalue weighted by molar-refractivity contribution is 7.71. The molecule has 0 spiro atoms. The SMILES string of the molecule is CNC(C=S(=O)=O)CCC(=O)C(C)(C)NCCOCCOCC(=O)C(C)(C)NCCOCCO. The van der Waals surface area contributed by atoms with E-state index in [0.29, 0.717) is 39.3 Å². The van der Waals surface area contributed by atoms with Crippen LogP contribution in [-0.4, -0.2) is 114 Å². The Morgan fingerprint density at radius 1 is 0.882 bits per heavy atom. The number of ether oxygens (including phenoxy) is 3. The average molecular weight is 510 g/mol. The molecule has 12 heteroatoms. The van der Waals surface area contributed by atoms with E-state index in [-0.39, 0.29) is 50.5 Å². The van der Waals surface area contributed by atoms with Crippen LogP contribution in [0.15, 0.2) is 0 Å². The number of hydrogen-bond acceptors (Lipinski definition) is 11. The van der Waals surface area contributed by atoms with Crippen molar-refractivity contribution in [1.82, 2.24) is 16.0 Å². The van der Waals surface area contributed by atoms with E-state index in [2.05, 4.69) is 16.0 Å². The maximum absolute atomic E-state index is 12.5. The normalized spacial score (nSPS) is 13.0. The van der Waals surface area contributed by atoms with Gasteiger partial charge in [-0.1, -0.05) is 0 Å². The summed E-state index contributed by atoms with van der Waals surface area (Å²) < 4.78 is 37.6. The van der Waals surface area contributed by atoms with Crippen LogP contribution in [0.1, 0.15) is 40.5 Å². The minimum Gasteiger partial charge on any atom is -0.394 e. The van der Waals surface area contributed by atoms with Crippen molar-refractivity contribution in [3.05, 3.63) is 0 Å².